The third-order valence-electron chi connectivity index (χ3n) is 9.86. The molecule has 9 aromatic carbocycles. The van der Waals surface area contributed by atoms with Crippen LogP contribution in [0.2, 0.25) is 0 Å². The molecule has 0 amide bonds. The predicted molar refractivity (Wildman–Crippen MR) is 210 cm³/mol. The first-order valence-corrected chi connectivity index (χ1v) is 17.0. The lowest BCUT2D eigenvalue weighted by molar-refractivity contribution is 0.623. The molecule has 0 spiro atoms. The maximum absolute atomic E-state index is 6.53. The molecule has 10 rings (SSSR count). The van der Waals surface area contributed by atoms with Crippen molar-refractivity contribution >= 4 is 71.3 Å². The van der Waals surface area contributed by atoms with Gasteiger partial charge in [0, 0.05) is 32.8 Å². The van der Waals surface area contributed by atoms with Crippen molar-refractivity contribution in [2.45, 2.75) is 0 Å². The Morgan fingerprint density at radius 1 is 0.400 bits per heavy atom. The molecular weight excluding hydrogens is 609 g/mol. The van der Waals surface area contributed by atoms with Crippen LogP contribution < -0.4 is 4.90 Å². The standard InChI is InChI=1S/C47H30N2O/c1-3-15-32(16-4-1)47-48-45-42-30-33(26-27-39(42)38-22-10-12-24-41(38)46(45)50-47)35-28-29-44(40-23-11-9-21-37(35)40)49(34-18-5-2-6-19-34)43-25-13-17-31-14-7-8-20-36(31)43/h1-30H. The summed E-state index contributed by atoms with van der Waals surface area (Å²) in [5, 5.41) is 9.26. The van der Waals surface area contributed by atoms with Crippen molar-refractivity contribution in [2.24, 2.45) is 0 Å². The molecule has 0 bridgehead atoms. The topological polar surface area (TPSA) is 29.3 Å². The molecule has 3 heteroatoms. The lowest BCUT2D eigenvalue weighted by atomic mass is 9.93. The number of anilines is 3. The number of aromatic nitrogens is 1. The molecule has 3 nitrogen and oxygen atoms in total. The van der Waals surface area contributed by atoms with Crippen LogP contribution in [0.15, 0.2) is 186 Å². The number of hydrogen-bond donors (Lipinski definition) is 0. The molecule has 0 aliphatic heterocycles. The van der Waals surface area contributed by atoms with Crippen molar-refractivity contribution in [3.63, 3.8) is 0 Å². The monoisotopic (exact) mass is 638 g/mol. The zero-order valence-electron chi connectivity index (χ0n) is 27.1. The Bertz CT molecular complexity index is 2870. The largest absolute Gasteiger partial charge is 0.435 e. The van der Waals surface area contributed by atoms with E-state index >= 15 is 0 Å². The summed E-state index contributed by atoms with van der Waals surface area (Å²) < 4.78 is 6.53. The summed E-state index contributed by atoms with van der Waals surface area (Å²) in [5.41, 5.74) is 8.36. The summed E-state index contributed by atoms with van der Waals surface area (Å²) in [6.45, 7) is 0. The number of rotatable bonds is 5. The summed E-state index contributed by atoms with van der Waals surface area (Å²) in [6, 6.07) is 64.5. The van der Waals surface area contributed by atoms with Crippen LogP contribution in [0.3, 0.4) is 0 Å². The smallest absolute Gasteiger partial charge is 0.227 e. The number of benzene rings is 9. The molecule has 0 atom stereocenters. The Morgan fingerprint density at radius 3 is 1.84 bits per heavy atom. The highest BCUT2D eigenvalue weighted by atomic mass is 16.3. The number of para-hydroxylation sites is 1. The maximum Gasteiger partial charge on any atom is 0.227 e. The van der Waals surface area contributed by atoms with E-state index in [2.05, 4.69) is 157 Å². The van der Waals surface area contributed by atoms with Crippen LogP contribution >= 0.6 is 0 Å². The van der Waals surface area contributed by atoms with E-state index in [9.17, 15) is 0 Å². The van der Waals surface area contributed by atoms with Crippen molar-refractivity contribution in [3.8, 4) is 22.6 Å². The first kappa shape index (κ1) is 28.3. The summed E-state index contributed by atoms with van der Waals surface area (Å²) >= 11 is 0. The fourth-order valence-corrected chi connectivity index (χ4v) is 7.57. The maximum atomic E-state index is 6.53. The SMILES string of the molecule is c1ccc(-c2nc3c4cc(-c5ccc(N(c6ccccc6)c6cccc7ccccc67)c6ccccc56)ccc4c4ccccc4c3o2)cc1. The van der Waals surface area contributed by atoms with Crippen molar-refractivity contribution < 1.29 is 4.42 Å². The van der Waals surface area contributed by atoms with Gasteiger partial charge in [0.25, 0.3) is 0 Å². The van der Waals surface area contributed by atoms with E-state index < -0.39 is 0 Å². The molecule has 0 aliphatic carbocycles. The van der Waals surface area contributed by atoms with Gasteiger partial charge in [0.15, 0.2) is 5.58 Å². The van der Waals surface area contributed by atoms with Gasteiger partial charge in [-0.3, -0.25) is 0 Å². The molecule has 0 aliphatic rings. The zero-order chi connectivity index (χ0) is 33.0. The van der Waals surface area contributed by atoms with Gasteiger partial charge < -0.3 is 9.32 Å². The van der Waals surface area contributed by atoms with Crippen molar-refractivity contribution in [1.82, 2.24) is 4.98 Å². The number of nitrogens with zero attached hydrogens (tertiary/aromatic N) is 2. The highest BCUT2D eigenvalue weighted by molar-refractivity contribution is 6.23. The van der Waals surface area contributed by atoms with Crippen LogP contribution in [-0.4, -0.2) is 4.98 Å². The van der Waals surface area contributed by atoms with Crippen LogP contribution in [0.5, 0.6) is 0 Å². The molecule has 50 heavy (non-hydrogen) atoms. The van der Waals surface area contributed by atoms with Crippen molar-refractivity contribution in [2.75, 3.05) is 4.90 Å². The van der Waals surface area contributed by atoms with Gasteiger partial charge in [-0.1, -0.05) is 140 Å². The first-order valence-electron chi connectivity index (χ1n) is 17.0. The fraction of sp³-hybridized carbons (Fsp3) is 0. The van der Waals surface area contributed by atoms with E-state index in [1.807, 2.05) is 30.3 Å². The highest BCUT2D eigenvalue weighted by Crippen LogP contribution is 2.45. The minimum atomic E-state index is 0.632. The number of hydrogen-bond acceptors (Lipinski definition) is 3. The molecule has 1 aromatic heterocycles. The molecule has 1 heterocycles. The molecule has 0 saturated heterocycles. The van der Waals surface area contributed by atoms with E-state index in [0.717, 1.165) is 60.8 Å². The minimum Gasteiger partial charge on any atom is -0.435 e. The van der Waals surface area contributed by atoms with Crippen LogP contribution in [0.1, 0.15) is 0 Å². The van der Waals surface area contributed by atoms with Gasteiger partial charge in [0.05, 0.1) is 11.4 Å². The number of oxazole rings is 1. The van der Waals surface area contributed by atoms with Crippen molar-refractivity contribution in [1.29, 1.82) is 0 Å². The Morgan fingerprint density at radius 2 is 1.02 bits per heavy atom. The lowest BCUT2D eigenvalue weighted by Gasteiger charge is -2.28. The van der Waals surface area contributed by atoms with E-state index in [1.54, 1.807) is 0 Å². The highest BCUT2D eigenvalue weighted by Gasteiger charge is 2.20. The average molecular weight is 639 g/mol. The Kier molecular flexibility index (Phi) is 6.49. The second-order valence-corrected chi connectivity index (χ2v) is 12.7. The lowest BCUT2D eigenvalue weighted by Crippen LogP contribution is -2.11. The van der Waals surface area contributed by atoms with E-state index in [4.69, 9.17) is 9.40 Å². The zero-order valence-corrected chi connectivity index (χ0v) is 27.1. The molecule has 0 radical (unpaired) electrons. The second-order valence-electron chi connectivity index (χ2n) is 12.7. The van der Waals surface area contributed by atoms with Gasteiger partial charge in [0.2, 0.25) is 5.89 Å². The minimum absolute atomic E-state index is 0.632. The van der Waals surface area contributed by atoms with Crippen LogP contribution in [0.25, 0.3) is 76.8 Å². The summed E-state index contributed by atoms with van der Waals surface area (Å²) in [5.74, 6) is 0.632. The Balaban J connectivity index is 1.21. The van der Waals surface area contributed by atoms with E-state index in [-0.39, 0.29) is 0 Å². The fourth-order valence-electron chi connectivity index (χ4n) is 7.57. The van der Waals surface area contributed by atoms with Crippen LogP contribution in [0.4, 0.5) is 17.1 Å². The molecule has 0 N–H and O–H groups in total. The summed E-state index contributed by atoms with van der Waals surface area (Å²) in [7, 11) is 0. The Hall–Kier alpha value is -6.71. The molecule has 234 valence electrons. The predicted octanol–water partition coefficient (Wildman–Crippen LogP) is 13.2. The Labute approximate surface area is 289 Å². The second kappa shape index (κ2) is 11.5. The molecule has 0 unspecified atom stereocenters. The average Bonchev–Trinajstić information content (AvgIpc) is 3.65. The molecule has 0 fully saturated rings. The van der Waals surface area contributed by atoms with E-state index in [1.165, 1.54) is 27.1 Å². The quantitative estimate of drug-likeness (QED) is 0.176. The van der Waals surface area contributed by atoms with Gasteiger partial charge in [-0.25, -0.2) is 4.98 Å². The molecule has 10 aromatic rings. The normalized spacial score (nSPS) is 11.6. The van der Waals surface area contributed by atoms with Gasteiger partial charge in [-0.2, -0.15) is 0 Å². The number of fused-ring (bicyclic) bond motifs is 8. The van der Waals surface area contributed by atoms with Gasteiger partial charge >= 0.3 is 0 Å². The van der Waals surface area contributed by atoms with E-state index in [0.29, 0.717) is 5.89 Å². The molecule has 0 saturated carbocycles. The van der Waals surface area contributed by atoms with Crippen molar-refractivity contribution in [3.05, 3.63) is 182 Å². The van der Waals surface area contributed by atoms with Crippen LogP contribution in [-0.2, 0) is 0 Å². The third kappa shape index (κ3) is 4.48. The van der Waals surface area contributed by atoms with Gasteiger partial charge in [-0.05, 0) is 75.1 Å². The van der Waals surface area contributed by atoms with Crippen LogP contribution in [0, 0.1) is 0 Å². The van der Waals surface area contributed by atoms with Gasteiger partial charge in [-0.15, -0.1) is 0 Å². The summed E-state index contributed by atoms with van der Waals surface area (Å²) in [6.07, 6.45) is 0. The molecular formula is C47H30N2O. The third-order valence-corrected chi connectivity index (χ3v) is 9.86. The first-order chi connectivity index (χ1) is 24.8. The summed E-state index contributed by atoms with van der Waals surface area (Å²) in [4.78, 5) is 7.51. The van der Waals surface area contributed by atoms with Gasteiger partial charge in [0.1, 0.15) is 5.52 Å².